The number of ether oxygens (including phenoxy) is 4. The molecule has 0 spiro atoms. The van der Waals surface area contributed by atoms with Gasteiger partial charge in [-0.15, -0.1) is 0 Å². The van der Waals surface area contributed by atoms with Gasteiger partial charge in [-0.2, -0.15) is 0 Å². The minimum absolute atomic E-state index is 0.0332. The van der Waals surface area contributed by atoms with E-state index in [1.54, 1.807) is 83.1 Å². The average Bonchev–Trinajstić information content (AvgIpc) is 0.909. The van der Waals surface area contributed by atoms with Gasteiger partial charge in [-0.05, 0) is 218 Å². The van der Waals surface area contributed by atoms with E-state index in [0.29, 0.717) is 53.0 Å². The van der Waals surface area contributed by atoms with E-state index in [1.807, 2.05) is 255 Å². The van der Waals surface area contributed by atoms with Crippen LogP contribution in [0, 0.1) is 0 Å². The highest BCUT2D eigenvalue weighted by Crippen LogP contribution is 2.26. The maximum Gasteiger partial charge on any atom is 0.337 e. The highest BCUT2D eigenvalue weighted by molar-refractivity contribution is 5.99. The lowest BCUT2D eigenvalue weighted by Gasteiger charge is -2.05. The van der Waals surface area contributed by atoms with Gasteiger partial charge in [0.05, 0.1) is 51.4 Å². The molecular weight excluding hydrogens is 1600 g/mol. The summed E-state index contributed by atoms with van der Waals surface area (Å²) < 4.78 is 19.7. The molecule has 0 radical (unpaired) electrons. The number of Topliss-reactive ketones (excluding diaryl/α,β-unsaturated/α-hetero) is 5. The van der Waals surface area contributed by atoms with Gasteiger partial charge < -0.3 is 29.2 Å². The number of carbonyl (C=O) groups is 9. The molecular formula is C113H100O15. The molecule has 12 aromatic rings. The van der Waals surface area contributed by atoms with Gasteiger partial charge in [0.15, 0.2) is 23.1 Å². The van der Waals surface area contributed by atoms with Crippen LogP contribution in [-0.4, -0.2) is 104 Å². The quantitative estimate of drug-likeness (QED) is 0.0165. The number of ketones is 5. The second-order valence-electron chi connectivity index (χ2n) is 29.8. The Balaban J connectivity index is 0.000000200. The van der Waals surface area contributed by atoms with E-state index in [1.165, 1.54) is 14.2 Å². The zero-order chi connectivity index (χ0) is 91.1. The Morgan fingerprint density at radius 1 is 0.242 bits per heavy atom. The van der Waals surface area contributed by atoms with Crippen LogP contribution in [0.4, 0.5) is 0 Å². The molecule has 0 atom stereocenters. The Bertz CT molecular complexity index is 5970. The van der Waals surface area contributed by atoms with Crippen molar-refractivity contribution in [3.63, 3.8) is 0 Å². The van der Waals surface area contributed by atoms with Crippen molar-refractivity contribution >= 4 is 162 Å². The fraction of sp³-hybridized carbons (Fsp3) is 0.124. The molecule has 0 unspecified atom stereocenters. The molecule has 0 aliphatic carbocycles. The van der Waals surface area contributed by atoms with Gasteiger partial charge in [-0.3, -0.25) is 33.6 Å². The van der Waals surface area contributed by atoms with Crippen molar-refractivity contribution in [2.75, 3.05) is 40.6 Å². The summed E-state index contributed by atoms with van der Waals surface area (Å²) in [4.78, 5) is 105. The molecule has 0 aromatic heterocycles. The van der Waals surface area contributed by atoms with E-state index < -0.39 is 13.2 Å². The number of rotatable bonds is 34. The fourth-order valence-electron chi connectivity index (χ4n) is 13.1. The summed E-state index contributed by atoms with van der Waals surface area (Å²) in [5, 5.41) is 18.1. The molecule has 15 nitrogen and oxygen atoms in total. The van der Waals surface area contributed by atoms with Crippen molar-refractivity contribution in [2.45, 2.75) is 53.9 Å². The lowest BCUT2D eigenvalue weighted by atomic mass is 10.00. The summed E-state index contributed by atoms with van der Waals surface area (Å²) in [5.74, 6) is -1.61. The Hall–Kier alpha value is -15.6. The minimum atomic E-state index is -0.512. The van der Waals surface area contributed by atoms with Gasteiger partial charge in [-0.25, -0.2) is 9.59 Å². The molecule has 15 heteroatoms. The van der Waals surface area contributed by atoms with Crippen molar-refractivity contribution in [2.24, 2.45) is 0 Å². The summed E-state index contributed by atoms with van der Waals surface area (Å²) in [6.07, 6.45) is 37.4. The number of methoxy groups -OCH3 is 2. The van der Waals surface area contributed by atoms with Crippen LogP contribution in [0.3, 0.4) is 0 Å². The SMILES string of the molecule is CCOC(=O)Cc1ccc(/C=C/c2cc(/C=C/c3ccc(CC(C)=O)cc3)cc(/C=C/c3ccc(CC(=O)OCC)cc3)c2)cc1.COC(=O)c1ccc(/C=C/c2cc(/C=C/c3ccc(C(=O)CO)cc3)ccc2/C=C/c2ccc(C(C)=O)cc2)cc1.COC(=O)c1ccc(/C=C/c2cc(/C=C/c3ccc(C(C)=O)cc3)cc(/C=C/c3ccc(C(=O)CO)cc3)c2)cc1. The van der Waals surface area contributed by atoms with Crippen LogP contribution in [0.1, 0.15) is 214 Å². The van der Waals surface area contributed by atoms with Crippen molar-refractivity contribution < 1.29 is 72.3 Å². The predicted octanol–water partition coefficient (Wildman–Crippen LogP) is 23.3. The van der Waals surface area contributed by atoms with E-state index in [9.17, 15) is 43.2 Å². The Kier molecular flexibility index (Phi) is 36.3. The predicted molar refractivity (Wildman–Crippen MR) is 518 cm³/mol. The Morgan fingerprint density at radius 2 is 0.461 bits per heavy atom. The van der Waals surface area contributed by atoms with Crippen LogP contribution in [-0.2, 0) is 52.6 Å². The maximum absolute atomic E-state index is 11.8. The van der Waals surface area contributed by atoms with Gasteiger partial charge in [-0.1, -0.05) is 316 Å². The van der Waals surface area contributed by atoms with Gasteiger partial charge in [0.1, 0.15) is 19.0 Å². The second kappa shape index (κ2) is 49.1. The van der Waals surface area contributed by atoms with Crippen molar-refractivity contribution in [3.8, 4) is 0 Å². The van der Waals surface area contributed by atoms with E-state index in [-0.39, 0.29) is 65.6 Å². The molecule has 642 valence electrons. The normalized spacial score (nSPS) is 11.4. The molecule has 0 saturated heterocycles. The zero-order valence-electron chi connectivity index (χ0n) is 72.5. The first kappa shape index (κ1) is 94.7. The summed E-state index contributed by atoms with van der Waals surface area (Å²) in [5.41, 5.74) is 24.0. The third kappa shape index (κ3) is 31.0. The summed E-state index contributed by atoms with van der Waals surface area (Å²) >= 11 is 0. The topological polar surface area (TPSA) is 231 Å². The van der Waals surface area contributed by atoms with Crippen LogP contribution in [0.15, 0.2) is 273 Å². The third-order valence-electron chi connectivity index (χ3n) is 20.0. The van der Waals surface area contributed by atoms with Gasteiger partial charge in [0, 0.05) is 28.7 Å². The van der Waals surface area contributed by atoms with Crippen LogP contribution in [0.25, 0.3) is 109 Å². The number of hydrogen-bond acceptors (Lipinski definition) is 15. The third-order valence-corrected chi connectivity index (χ3v) is 20.0. The van der Waals surface area contributed by atoms with Crippen LogP contribution >= 0.6 is 0 Å². The molecule has 0 fully saturated rings. The van der Waals surface area contributed by atoms with Gasteiger partial charge in [0.2, 0.25) is 0 Å². The molecule has 12 aromatic carbocycles. The average molecular weight is 1700 g/mol. The molecule has 0 heterocycles. The van der Waals surface area contributed by atoms with Crippen LogP contribution in [0.5, 0.6) is 0 Å². The number of benzene rings is 12. The van der Waals surface area contributed by atoms with Crippen molar-refractivity contribution in [1.82, 2.24) is 0 Å². The maximum atomic E-state index is 11.8. The zero-order valence-corrected chi connectivity index (χ0v) is 72.5. The second-order valence-corrected chi connectivity index (χ2v) is 29.8. The highest BCUT2D eigenvalue weighted by atomic mass is 16.5. The smallest absolute Gasteiger partial charge is 0.337 e. The molecule has 0 bridgehead atoms. The fourth-order valence-corrected chi connectivity index (χ4v) is 13.1. The molecule has 2 N–H and O–H groups in total. The van der Waals surface area contributed by atoms with Crippen LogP contribution < -0.4 is 0 Å². The summed E-state index contributed by atoms with van der Waals surface area (Å²) in [6.45, 7) is 8.05. The molecule has 12 rings (SSSR count). The van der Waals surface area contributed by atoms with Gasteiger partial charge in [0.25, 0.3) is 0 Å². The Morgan fingerprint density at radius 3 is 0.711 bits per heavy atom. The van der Waals surface area contributed by atoms with E-state index in [0.717, 1.165) is 117 Å². The number of aliphatic hydroxyl groups excluding tert-OH is 2. The largest absolute Gasteiger partial charge is 0.466 e. The number of carbonyl (C=O) groups excluding carboxylic acids is 9. The number of esters is 4. The lowest BCUT2D eigenvalue weighted by Crippen LogP contribution is -2.07. The van der Waals surface area contributed by atoms with E-state index in [4.69, 9.17) is 29.2 Å². The number of hydrogen-bond donors (Lipinski definition) is 2. The molecule has 0 saturated carbocycles. The van der Waals surface area contributed by atoms with Crippen LogP contribution in [0.2, 0.25) is 0 Å². The summed E-state index contributed by atoms with van der Waals surface area (Å²) in [6, 6.07) is 86.1. The van der Waals surface area contributed by atoms with E-state index in [2.05, 4.69) is 78.9 Å². The van der Waals surface area contributed by atoms with E-state index >= 15 is 0 Å². The van der Waals surface area contributed by atoms with Gasteiger partial charge >= 0.3 is 23.9 Å². The van der Waals surface area contributed by atoms with Crippen molar-refractivity contribution in [1.29, 1.82) is 0 Å². The summed E-state index contributed by atoms with van der Waals surface area (Å²) in [7, 11) is 2.72. The Labute approximate surface area is 747 Å². The molecule has 0 aliphatic rings. The first-order valence-electron chi connectivity index (χ1n) is 41.7. The molecule has 0 aliphatic heterocycles. The lowest BCUT2D eigenvalue weighted by molar-refractivity contribution is -0.143. The number of aliphatic hydroxyl groups is 2. The first-order chi connectivity index (χ1) is 62.0. The molecule has 128 heavy (non-hydrogen) atoms. The van der Waals surface area contributed by atoms with Crippen molar-refractivity contribution in [3.05, 3.63) is 423 Å². The highest BCUT2D eigenvalue weighted by Gasteiger charge is 2.12. The molecule has 0 amide bonds. The minimum Gasteiger partial charge on any atom is -0.466 e. The standard InChI is InChI=1S/C41H40O5.2C36H30O5/c1-4-45-40(43)28-35-17-8-32(9-18-35)13-22-38-25-37(21-12-31-6-15-34(16-7-31)24-30(3)42)26-39(27-38)23-14-33-10-19-36(20-11-33)29-41(44)46-5-2;1-25(38)32-15-9-26(10-16-32)3-6-29-21-30(7-4-27-11-17-33(18-12-27)35(39)24-37)23-31(22-29)8-5-28-13-19-34(20-14-28)36(40)41-2;1-25(38)30-14-5-27(6-15-30)7-16-31-17-13-29(4-3-26-8-18-32(19-9-26)35(39)24-37)23-34(31)22-12-28-10-20-33(21-11-28)36(40)41-2/h6-23,25-27H,4-5,24,28-29H2,1-3H3;2*3-23,37H,24H2,1-2H3/b21-12+,22-13+,23-14+;6-3+,7-4+,8-5+;4-3+,16-7+,22-12+. The monoisotopic (exact) mass is 1700 g/mol. The first-order valence-corrected chi connectivity index (χ1v) is 41.7.